The van der Waals surface area contributed by atoms with E-state index in [1.54, 1.807) is 0 Å². The lowest BCUT2D eigenvalue weighted by Crippen LogP contribution is -2.31. The van der Waals surface area contributed by atoms with Crippen LogP contribution in [0.1, 0.15) is 12.0 Å². The molecule has 0 saturated heterocycles. The Morgan fingerprint density at radius 2 is 1.95 bits per heavy atom. The van der Waals surface area contributed by atoms with E-state index in [9.17, 15) is 4.79 Å². The normalized spacial score (nSPS) is 11.6. The fourth-order valence-corrected chi connectivity index (χ4v) is 1.64. The molecule has 0 unspecified atom stereocenters. The first-order chi connectivity index (χ1) is 9.17. The second kappa shape index (κ2) is 8.23. The minimum Gasteiger partial charge on any atom is -0.351 e. The van der Waals surface area contributed by atoms with Crippen LogP contribution >= 0.6 is 0 Å². The molecule has 0 aliphatic carbocycles. The molecule has 6 heteroatoms. The Bertz CT molecular complexity index is 416. The molecule has 0 atom stereocenters. The van der Waals surface area contributed by atoms with Gasteiger partial charge in [0.15, 0.2) is 6.29 Å². The van der Waals surface area contributed by atoms with Crippen LogP contribution in [0.25, 0.3) is 0 Å². The molecule has 3 N–H and O–H groups in total. The predicted molar refractivity (Wildman–Crippen MR) is 72.7 cm³/mol. The number of amides is 2. The summed E-state index contributed by atoms with van der Waals surface area (Å²) in [6, 6.07) is 9.22. The highest BCUT2D eigenvalue weighted by atomic mass is 16.7. The summed E-state index contributed by atoms with van der Waals surface area (Å²) < 4.78 is 10.3. The Kier molecular flexibility index (Phi) is 6.56. The standard InChI is InChI=1S/C13H19N3O3/c1-18-12(19-2)11(15-16-13(14)17)9-8-10-6-4-3-5-7-10/h3-7,12H,8-9H2,1-2H3,(H3,14,16,17)/b15-11+. The molecule has 0 bridgehead atoms. The average molecular weight is 265 g/mol. The lowest BCUT2D eigenvalue weighted by Gasteiger charge is -2.16. The van der Waals surface area contributed by atoms with E-state index in [2.05, 4.69) is 10.5 Å². The number of ether oxygens (including phenoxy) is 2. The molecule has 19 heavy (non-hydrogen) atoms. The van der Waals surface area contributed by atoms with Crippen LogP contribution < -0.4 is 11.2 Å². The SMILES string of the molecule is COC(OC)/C(CCc1ccccc1)=N/NC(N)=O. The van der Waals surface area contributed by atoms with E-state index >= 15 is 0 Å². The molecule has 0 saturated carbocycles. The van der Waals surface area contributed by atoms with Gasteiger partial charge in [0.2, 0.25) is 0 Å². The first-order valence-electron chi connectivity index (χ1n) is 5.88. The van der Waals surface area contributed by atoms with Crippen molar-refractivity contribution in [1.82, 2.24) is 5.43 Å². The van der Waals surface area contributed by atoms with E-state index in [1.165, 1.54) is 19.8 Å². The number of hydrogen-bond donors (Lipinski definition) is 2. The van der Waals surface area contributed by atoms with E-state index < -0.39 is 12.3 Å². The van der Waals surface area contributed by atoms with Crippen molar-refractivity contribution < 1.29 is 14.3 Å². The second-order valence-corrected chi connectivity index (χ2v) is 3.87. The maximum Gasteiger partial charge on any atom is 0.332 e. The van der Waals surface area contributed by atoms with Gasteiger partial charge < -0.3 is 15.2 Å². The van der Waals surface area contributed by atoms with Gasteiger partial charge in [0.25, 0.3) is 0 Å². The first-order valence-corrected chi connectivity index (χ1v) is 5.88. The summed E-state index contributed by atoms with van der Waals surface area (Å²) in [5.74, 6) is 0. The molecule has 0 aliphatic rings. The van der Waals surface area contributed by atoms with Crippen LogP contribution in [0, 0.1) is 0 Å². The highest BCUT2D eigenvalue weighted by molar-refractivity contribution is 5.88. The lowest BCUT2D eigenvalue weighted by molar-refractivity contribution is -0.0534. The van der Waals surface area contributed by atoms with E-state index in [1.807, 2.05) is 30.3 Å². The Labute approximate surface area is 112 Å². The van der Waals surface area contributed by atoms with E-state index in [0.717, 1.165) is 6.42 Å². The number of carbonyl (C=O) groups is 1. The van der Waals surface area contributed by atoms with Crippen LogP contribution in [0.3, 0.4) is 0 Å². The summed E-state index contributed by atoms with van der Waals surface area (Å²) >= 11 is 0. The Hall–Kier alpha value is -1.92. The maximum absolute atomic E-state index is 10.7. The summed E-state index contributed by atoms with van der Waals surface area (Å²) in [6.07, 6.45) is 0.760. The van der Waals surface area contributed by atoms with Crippen LogP contribution in [0.2, 0.25) is 0 Å². The molecule has 0 fully saturated rings. The molecule has 2 amide bonds. The van der Waals surface area contributed by atoms with Gasteiger partial charge in [-0.2, -0.15) is 5.10 Å². The molecule has 0 spiro atoms. The third kappa shape index (κ3) is 5.50. The van der Waals surface area contributed by atoms with E-state index in [-0.39, 0.29) is 0 Å². The lowest BCUT2D eigenvalue weighted by atomic mass is 10.1. The number of benzene rings is 1. The Balaban J connectivity index is 2.68. The van der Waals surface area contributed by atoms with Gasteiger partial charge in [-0.25, -0.2) is 10.2 Å². The fraction of sp³-hybridized carbons (Fsp3) is 0.385. The summed E-state index contributed by atoms with van der Waals surface area (Å²) in [6.45, 7) is 0. The number of carbonyl (C=O) groups excluding carboxylic acids is 1. The number of urea groups is 1. The Morgan fingerprint density at radius 1 is 1.32 bits per heavy atom. The van der Waals surface area contributed by atoms with Gasteiger partial charge in [-0.3, -0.25) is 0 Å². The van der Waals surface area contributed by atoms with Crippen LogP contribution in [0.5, 0.6) is 0 Å². The van der Waals surface area contributed by atoms with Crippen molar-refractivity contribution in [3.05, 3.63) is 35.9 Å². The topological polar surface area (TPSA) is 85.9 Å². The number of hydrazone groups is 1. The Morgan fingerprint density at radius 3 is 2.47 bits per heavy atom. The van der Waals surface area contributed by atoms with Crippen LogP contribution in [-0.2, 0) is 15.9 Å². The minimum atomic E-state index is -0.719. The van der Waals surface area contributed by atoms with Crippen molar-refractivity contribution in [2.75, 3.05) is 14.2 Å². The second-order valence-electron chi connectivity index (χ2n) is 3.87. The molecule has 0 heterocycles. The summed E-state index contributed by atoms with van der Waals surface area (Å²) in [7, 11) is 3.02. The number of methoxy groups -OCH3 is 2. The van der Waals surface area contributed by atoms with E-state index in [0.29, 0.717) is 12.1 Å². The summed E-state index contributed by atoms with van der Waals surface area (Å²) in [5.41, 5.74) is 8.93. The molecule has 0 aliphatic heterocycles. The molecule has 1 aromatic rings. The monoisotopic (exact) mass is 265 g/mol. The van der Waals surface area contributed by atoms with Crippen LogP contribution in [0.15, 0.2) is 35.4 Å². The van der Waals surface area contributed by atoms with Crippen molar-refractivity contribution in [2.24, 2.45) is 10.8 Å². The van der Waals surface area contributed by atoms with Crippen molar-refractivity contribution in [1.29, 1.82) is 0 Å². The number of nitrogens with two attached hydrogens (primary N) is 1. The zero-order valence-corrected chi connectivity index (χ0v) is 11.1. The van der Waals surface area contributed by atoms with Crippen molar-refractivity contribution in [3.63, 3.8) is 0 Å². The first kappa shape index (κ1) is 15.1. The highest BCUT2D eigenvalue weighted by Gasteiger charge is 2.15. The van der Waals surface area contributed by atoms with E-state index in [4.69, 9.17) is 15.2 Å². The van der Waals surface area contributed by atoms with Crippen LogP contribution in [-0.4, -0.2) is 32.3 Å². The smallest absolute Gasteiger partial charge is 0.332 e. The largest absolute Gasteiger partial charge is 0.351 e. The minimum absolute atomic E-state index is 0.577. The molecule has 0 aromatic heterocycles. The maximum atomic E-state index is 10.7. The zero-order chi connectivity index (χ0) is 14.1. The van der Waals surface area contributed by atoms with Gasteiger partial charge in [-0.15, -0.1) is 0 Å². The number of aryl methyl sites for hydroxylation is 1. The number of nitrogens with one attached hydrogen (secondary N) is 1. The molecular weight excluding hydrogens is 246 g/mol. The van der Waals surface area contributed by atoms with Gasteiger partial charge in [0.05, 0.1) is 5.71 Å². The quantitative estimate of drug-likeness (QED) is 0.442. The average Bonchev–Trinajstić information content (AvgIpc) is 2.43. The van der Waals surface area contributed by atoms with Gasteiger partial charge in [-0.05, 0) is 18.4 Å². The van der Waals surface area contributed by atoms with Gasteiger partial charge in [0, 0.05) is 14.2 Å². The van der Waals surface area contributed by atoms with Gasteiger partial charge in [0.1, 0.15) is 0 Å². The fourth-order valence-electron chi connectivity index (χ4n) is 1.64. The highest BCUT2D eigenvalue weighted by Crippen LogP contribution is 2.07. The molecule has 6 nitrogen and oxygen atoms in total. The van der Waals surface area contributed by atoms with Gasteiger partial charge >= 0.3 is 6.03 Å². The third-order valence-corrected chi connectivity index (χ3v) is 2.52. The van der Waals surface area contributed by atoms with Crippen molar-refractivity contribution in [2.45, 2.75) is 19.1 Å². The number of nitrogens with zero attached hydrogens (tertiary/aromatic N) is 1. The molecule has 1 rings (SSSR count). The van der Waals surface area contributed by atoms with Crippen LogP contribution in [0.4, 0.5) is 4.79 Å². The molecule has 104 valence electrons. The van der Waals surface area contributed by atoms with Gasteiger partial charge in [-0.1, -0.05) is 30.3 Å². The summed E-state index contributed by atoms with van der Waals surface area (Å²) in [4.78, 5) is 10.7. The summed E-state index contributed by atoms with van der Waals surface area (Å²) in [5, 5.41) is 3.92. The van der Waals surface area contributed by atoms with Crippen molar-refractivity contribution >= 4 is 11.7 Å². The number of primary amides is 1. The molecular formula is C13H19N3O3. The predicted octanol–water partition coefficient (Wildman–Crippen LogP) is 1.26. The zero-order valence-electron chi connectivity index (χ0n) is 11.1. The molecule has 1 aromatic carbocycles. The molecule has 0 radical (unpaired) electrons. The number of hydrogen-bond acceptors (Lipinski definition) is 4. The van der Waals surface area contributed by atoms with Crippen molar-refractivity contribution in [3.8, 4) is 0 Å². The third-order valence-electron chi connectivity index (χ3n) is 2.52. The number of rotatable bonds is 7.